The quantitative estimate of drug-likeness (QED) is 0.0242. The number of aliphatic hydroxyl groups is 2. The van der Waals surface area contributed by atoms with Gasteiger partial charge in [0.1, 0.15) is 20.2 Å². The first kappa shape index (κ1) is 66.7. The van der Waals surface area contributed by atoms with Gasteiger partial charge in [-0.05, 0) is 85.8 Å². The molecule has 372 valence electrons. The molecule has 2 aromatic carbocycles. The predicted octanol–water partition coefficient (Wildman–Crippen LogP) is -11.3. The zero-order valence-corrected chi connectivity index (χ0v) is 51.4. The van der Waals surface area contributed by atoms with Crippen LogP contribution in [0.1, 0.15) is 49.7 Å². The molecule has 2 unspecified atom stereocenters. The summed E-state index contributed by atoms with van der Waals surface area (Å²) in [5.74, 6) is -1.58. The Morgan fingerprint density at radius 2 is 0.917 bits per heavy atom. The van der Waals surface area contributed by atoms with Gasteiger partial charge in [-0.3, -0.25) is 0 Å². The molecule has 34 heteroatoms. The van der Waals surface area contributed by atoms with E-state index < -0.39 is 61.8 Å². The van der Waals surface area contributed by atoms with Crippen molar-refractivity contribution in [3.05, 3.63) is 47.5 Å². The normalized spacial score (nSPS) is 16.4. The van der Waals surface area contributed by atoms with Crippen LogP contribution in [0.5, 0.6) is 0 Å². The van der Waals surface area contributed by atoms with Crippen LogP contribution in [0.4, 0.5) is 47.1 Å². The van der Waals surface area contributed by atoms with Crippen LogP contribution in [0.25, 0.3) is 12.2 Å². The summed E-state index contributed by atoms with van der Waals surface area (Å²) in [4.78, 5) is 28.2. The fourth-order valence-corrected chi connectivity index (χ4v) is 9.65. The van der Waals surface area contributed by atoms with Crippen molar-refractivity contribution < 1.29 is 180 Å². The van der Waals surface area contributed by atoms with Crippen LogP contribution in [0, 0.1) is 11.8 Å². The van der Waals surface area contributed by atoms with Crippen molar-refractivity contribution in [2.24, 2.45) is 11.8 Å². The molecule has 6 rings (SSSR count). The van der Waals surface area contributed by atoms with E-state index in [1.54, 1.807) is 0 Å². The van der Waals surface area contributed by atoms with E-state index in [1.165, 1.54) is 24.3 Å². The van der Waals surface area contributed by atoms with Crippen molar-refractivity contribution in [2.75, 3.05) is 95.1 Å². The molecule has 4 heterocycles. The molecule has 6 N–H and O–H groups in total. The number of aromatic nitrogens is 6. The molecule has 0 radical (unpaired) electrons. The van der Waals surface area contributed by atoms with E-state index in [4.69, 9.17) is 0 Å². The van der Waals surface area contributed by atoms with E-state index in [-0.39, 0.29) is 215 Å². The van der Waals surface area contributed by atoms with Gasteiger partial charge in [0.2, 0.25) is 35.7 Å². The Balaban J connectivity index is 0.00000444. The summed E-state index contributed by atoms with van der Waals surface area (Å²) in [6.07, 6.45) is 6.48. The SMILES string of the molecule is O=S(=O)([O-])CCNc1nc(Nc2ccc(/C=C/c3ccc(Nc4nc(NCCS(=O)(=O)[O-])nc(N5CCCC(CCO)C5)n4)cc3S(=O)(=O)[O-])c(S(=O)(=O)[O-])c2)nc(N2CCCC(CCO)C2)n1.[Na+].[Na+].[Na+].[Na+]. The van der Waals surface area contributed by atoms with E-state index in [2.05, 4.69) is 51.2 Å². The standard InChI is InChI=1S/C38H52N12O14S4.4Na/c51-17-11-25-3-1-15-49(23-25)37-45-33(39-13-19-65(53,54)55)43-35(47-37)41-29-9-7-27(31(21-29)67(59,60)61)5-6-28-8-10-30(22-32(28)68(62,63)64)42-36-44-34(40-14-20-66(56,57)58)46-38(48-36)50-16-2-4-26(24-50)12-18-52;;;;/h5-10,21-22,25-26,51-52H,1-4,11-20,23-24H2,(H,53,54,55)(H,56,57,58)(H,59,60,61)(H,62,63,64)(H2,39,41,43,45,47)(H2,40,42,44,46,48);;;;/q;4*+1/p-4/b6-5+;;;;. The fraction of sp³-hybridized carbons (Fsp3) is 0.474. The van der Waals surface area contributed by atoms with Crippen LogP contribution in [0.3, 0.4) is 0 Å². The number of nitrogens with one attached hydrogen (secondary N) is 4. The van der Waals surface area contributed by atoms with E-state index in [0.717, 1.165) is 50.0 Å². The molecule has 26 nitrogen and oxygen atoms in total. The zero-order chi connectivity index (χ0) is 49.3. The predicted molar refractivity (Wildman–Crippen MR) is 243 cm³/mol. The van der Waals surface area contributed by atoms with E-state index >= 15 is 0 Å². The average molecular weight is 1120 g/mol. The van der Waals surface area contributed by atoms with Crippen LogP contribution in [-0.2, 0) is 40.5 Å². The van der Waals surface area contributed by atoms with E-state index in [0.29, 0.717) is 39.0 Å². The Labute approximate surface area is 506 Å². The number of piperidine rings is 2. The van der Waals surface area contributed by atoms with Crippen molar-refractivity contribution in [3.63, 3.8) is 0 Å². The first-order valence-corrected chi connectivity index (χ1v) is 27.0. The van der Waals surface area contributed by atoms with Gasteiger partial charge in [0, 0.05) is 63.9 Å². The molecule has 2 saturated heterocycles. The third-order valence-corrected chi connectivity index (χ3v) is 13.9. The van der Waals surface area contributed by atoms with Gasteiger partial charge in [0.15, 0.2) is 0 Å². The Hall–Kier alpha value is -1.44. The number of nitrogens with zero attached hydrogens (tertiary/aromatic N) is 8. The average Bonchev–Trinajstić information content (AvgIpc) is 3.25. The second kappa shape index (κ2) is 29.9. The van der Waals surface area contributed by atoms with Gasteiger partial charge >= 0.3 is 118 Å². The molecular formula is C38H48N12Na4O14S4. The number of anilines is 8. The molecule has 2 fully saturated rings. The fourth-order valence-electron chi connectivity index (χ4n) is 7.56. The molecule has 0 amide bonds. The first-order chi connectivity index (χ1) is 32.0. The summed E-state index contributed by atoms with van der Waals surface area (Å²) in [6.45, 7) is 1.26. The van der Waals surface area contributed by atoms with Crippen LogP contribution in [-0.4, -0.2) is 156 Å². The minimum atomic E-state index is -5.23. The minimum Gasteiger partial charge on any atom is -0.748 e. The Morgan fingerprint density at radius 3 is 1.25 bits per heavy atom. The third kappa shape index (κ3) is 21.2. The maximum atomic E-state index is 12.6. The van der Waals surface area contributed by atoms with Gasteiger partial charge in [-0.25, -0.2) is 33.7 Å². The van der Waals surface area contributed by atoms with Gasteiger partial charge in [0.25, 0.3) is 0 Å². The second-order valence-electron chi connectivity index (χ2n) is 15.9. The summed E-state index contributed by atoms with van der Waals surface area (Å²) in [5.41, 5.74) is -0.414. The summed E-state index contributed by atoms with van der Waals surface area (Å²) in [5, 5.41) is 29.9. The Morgan fingerprint density at radius 1 is 0.556 bits per heavy atom. The molecule has 2 aliphatic heterocycles. The Kier molecular flexibility index (Phi) is 27.7. The summed E-state index contributed by atoms with van der Waals surface area (Å²) in [6, 6.07) is 7.10. The van der Waals surface area contributed by atoms with Crippen molar-refractivity contribution in [3.8, 4) is 0 Å². The van der Waals surface area contributed by atoms with Gasteiger partial charge < -0.3 is 59.5 Å². The zero-order valence-electron chi connectivity index (χ0n) is 40.1. The van der Waals surface area contributed by atoms with Gasteiger partial charge in [0.05, 0.1) is 41.5 Å². The number of aliphatic hydroxyl groups excluding tert-OH is 2. The van der Waals surface area contributed by atoms with Crippen molar-refractivity contribution >= 4 is 99.7 Å². The molecule has 2 aliphatic rings. The monoisotopic (exact) mass is 1120 g/mol. The Bertz CT molecular complexity index is 2740. The molecule has 0 aliphatic carbocycles. The van der Waals surface area contributed by atoms with Gasteiger partial charge in [-0.15, -0.1) is 0 Å². The van der Waals surface area contributed by atoms with Crippen molar-refractivity contribution in [1.82, 2.24) is 29.9 Å². The number of hydrogen-bond donors (Lipinski definition) is 6. The van der Waals surface area contributed by atoms with Crippen LogP contribution >= 0.6 is 0 Å². The summed E-state index contributed by atoms with van der Waals surface area (Å²) < 4.78 is 143. The number of benzene rings is 2. The number of hydrogen-bond acceptors (Lipinski definition) is 26. The molecule has 2 atom stereocenters. The van der Waals surface area contributed by atoms with Crippen molar-refractivity contribution in [1.29, 1.82) is 0 Å². The van der Waals surface area contributed by atoms with E-state index in [1.807, 2.05) is 9.80 Å². The topological polar surface area (TPSA) is 401 Å². The summed E-state index contributed by atoms with van der Waals surface area (Å²) in [7, 11) is -19.6. The minimum absolute atomic E-state index is 0. The second-order valence-corrected chi connectivity index (χ2v) is 21.6. The molecule has 4 aromatic rings. The molecule has 72 heavy (non-hydrogen) atoms. The molecular weight excluding hydrogens is 1070 g/mol. The molecule has 0 saturated carbocycles. The van der Waals surface area contributed by atoms with Crippen LogP contribution < -0.4 is 149 Å². The van der Waals surface area contributed by atoms with E-state index in [9.17, 15) is 62.1 Å². The van der Waals surface area contributed by atoms with Gasteiger partial charge in [-0.1, -0.05) is 24.3 Å². The maximum absolute atomic E-state index is 12.6. The largest absolute Gasteiger partial charge is 1.00 e. The molecule has 2 aromatic heterocycles. The van der Waals surface area contributed by atoms with Gasteiger partial charge in [-0.2, -0.15) is 29.9 Å². The van der Waals surface area contributed by atoms with Crippen molar-refractivity contribution in [2.45, 2.75) is 48.3 Å². The summed E-state index contributed by atoms with van der Waals surface area (Å²) >= 11 is 0. The first-order valence-electron chi connectivity index (χ1n) is 21.1. The molecule has 0 bridgehead atoms. The maximum Gasteiger partial charge on any atom is 1.00 e. The van der Waals surface area contributed by atoms with Crippen LogP contribution in [0.2, 0.25) is 0 Å². The third-order valence-electron chi connectivity index (χ3n) is 10.7. The molecule has 0 spiro atoms. The smallest absolute Gasteiger partial charge is 0.748 e. The number of rotatable bonds is 22. The van der Waals surface area contributed by atoms with Crippen LogP contribution in [0.15, 0.2) is 46.2 Å².